The minimum absolute atomic E-state index is 0.0152. The molecule has 5 N–H and O–H groups in total. The van der Waals surface area contributed by atoms with Crippen molar-refractivity contribution in [1.29, 1.82) is 0 Å². The second kappa shape index (κ2) is 22.9. The highest BCUT2D eigenvalue weighted by Gasteiger charge is 2.51. The first-order valence-corrected chi connectivity index (χ1v) is 29.5. The lowest BCUT2D eigenvalue weighted by atomic mass is 9.54. The van der Waals surface area contributed by atoms with E-state index in [4.69, 9.17) is 14.6 Å². The molecule has 3 heterocycles. The Kier molecular flexibility index (Phi) is 15.9. The van der Waals surface area contributed by atoms with E-state index in [2.05, 4.69) is 31.2 Å². The lowest BCUT2D eigenvalue weighted by molar-refractivity contribution is -0.0120. The van der Waals surface area contributed by atoms with Gasteiger partial charge in [0.15, 0.2) is 0 Å². The number of H-pyrrole nitrogens is 1. The van der Waals surface area contributed by atoms with Gasteiger partial charge in [-0.1, -0.05) is 36.8 Å². The van der Waals surface area contributed by atoms with Crippen LogP contribution in [0.25, 0.3) is 0 Å². The van der Waals surface area contributed by atoms with Gasteiger partial charge in [-0.15, -0.1) is 0 Å². The number of nitrogens with one attached hydrogen (secondary N) is 4. The smallest absolute Gasteiger partial charge is 0.279 e. The molecule has 12 bridgehead atoms. The Morgan fingerprint density at radius 3 is 1.36 bits per heavy atom. The fourth-order valence-corrected chi connectivity index (χ4v) is 17.3. The van der Waals surface area contributed by atoms with E-state index in [-0.39, 0.29) is 47.6 Å². The number of rotatable bonds is 11. The van der Waals surface area contributed by atoms with Crippen molar-refractivity contribution in [2.75, 3.05) is 6.61 Å². The molecule has 412 valence electrons. The Labute approximate surface area is 448 Å². The van der Waals surface area contributed by atoms with E-state index in [1.807, 2.05) is 44.4 Å². The molecule has 1 aromatic carbocycles. The molecular formula is C60H85N9O7. The predicted octanol–water partition coefficient (Wildman–Crippen LogP) is 8.51. The molecule has 13 aliphatic rings. The van der Waals surface area contributed by atoms with Crippen LogP contribution in [0.1, 0.15) is 172 Å². The van der Waals surface area contributed by atoms with E-state index >= 15 is 0 Å². The normalized spacial score (nSPS) is 33.7. The number of benzene rings is 1. The molecule has 0 spiro atoms. The number of carbonyl (C=O) groups excluding carboxylic acids is 3. The maximum atomic E-state index is 13.1. The van der Waals surface area contributed by atoms with Crippen molar-refractivity contribution in [2.45, 2.75) is 166 Å². The summed E-state index contributed by atoms with van der Waals surface area (Å²) in [5, 5.41) is 28.8. The van der Waals surface area contributed by atoms with Crippen LogP contribution in [0.3, 0.4) is 0 Å². The van der Waals surface area contributed by atoms with Crippen LogP contribution in [-0.4, -0.2) is 83.0 Å². The van der Waals surface area contributed by atoms with Gasteiger partial charge >= 0.3 is 0 Å². The Bertz CT molecular complexity index is 2620. The Morgan fingerprint density at radius 2 is 0.961 bits per heavy atom. The number of nitrogens with zero attached hydrogens (tertiary/aromatic N) is 5. The lowest BCUT2D eigenvalue weighted by Crippen LogP contribution is -2.56. The highest BCUT2D eigenvalue weighted by atomic mass is 16.5. The number of aryl methyl sites for hydroxylation is 3. The SMILES string of the molecule is CCO.Cn1[nH]cc(C(=O)NC2C3CC4CC(C3)CC2C4)c1=O.Cn1ncc(C(=O)NC2C3CC4CC(C3)CC2C4)c1OC1CCCCC1.Cn1ncc(C(=O)NC2C3CC4CC(C3)CC2C4)c1OCc1ccccc1. The zero-order valence-corrected chi connectivity index (χ0v) is 45.5. The Balaban J connectivity index is 0.000000120. The third-order valence-electron chi connectivity index (χ3n) is 20.1. The molecule has 76 heavy (non-hydrogen) atoms. The first-order valence-electron chi connectivity index (χ1n) is 29.5. The second-order valence-electron chi connectivity index (χ2n) is 25.3. The standard InChI is InChI=1S/C22H27N3O2.C21H31N3O2.C15H21N3O2.C2H6O/c1-25-22(27-13-14-5-3-2-4-6-14)19(12-23-25)21(26)24-20-17-8-15-7-16(10-17)11-18(20)9-15;1-24-21(26-17-5-3-2-4-6-17)18(12-22-24)20(25)23-19-15-8-13-7-14(10-15)11-16(19)9-13;1-18-15(20)12(7-16-18)14(19)17-13-10-3-8-2-9(5-10)6-11(13)4-8;1-2-3/h2-6,12,15-18,20H,7-11,13H2,1H3,(H,24,26);12-17,19H,2-11H2,1H3,(H,23,25);7-11,13,16H,2-6H2,1H3,(H,17,19);3H,2H2,1H3. The van der Waals surface area contributed by atoms with Crippen LogP contribution >= 0.6 is 0 Å². The maximum absolute atomic E-state index is 13.1. The third-order valence-corrected chi connectivity index (χ3v) is 20.1. The molecule has 0 saturated heterocycles. The van der Waals surface area contributed by atoms with Crippen LogP contribution in [0, 0.1) is 71.0 Å². The number of hydrogen-bond donors (Lipinski definition) is 5. The van der Waals surface area contributed by atoms with Crippen molar-refractivity contribution in [3.8, 4) is 11.8 Å². The summed E-state index contributed by atoms with van der Waals surface area (Å²) in [4.78, 5) is 50.3. The van der Waals surface area contributed by atoms with E-state index in [1.54, 1.807) is 35.7 Å². The molecule has 13 aliphatic carbocycles. The largest absolute Gasteiger partial charge is 0.474 e. The molecule has 3 amide bonds. The monoisotopic (exact) mass is 1040 g/mol. The van der Waals surface area contributed by atoms with Crippen LogP contribution in [0.15, 0.2) is 53.7 Å². The molecule has 16 nitrogen and oxygen atoms in total. The van der Waals surface area contributed by atoms with E-state index in [9.17, 15) is 19.2 Å². The third kappa shape index (κ3) is 11.3. The molecule has 16 heteroatoms. The number of aromatic amines is 1. The van der Waals surface area contributed by atoms with Gasteiger partial charge in [0.1, 0.15) is 29.4 Å². The van der Waals surface area contributed by atoms with Crippen LogP contribution in [0.5, 0.6) is 11.8 Å². The molecule has 0 radical (unpaired) electrons. The van der Waals surface area contributed by atoms with Gasteiger partial charge in [-0.2, -0.15) is 10.2 Å². The summed E-state index contributed by atoms with van der Waals surface area (Å²) in [6.07, 6.45) is 30.7. The van der Waals surface area contributed by atoms with E-state index in [0.29, 0.717) is 77.1 Å². The molecule has 4 aromatic rings. The first-order chi connectivity index (χ1) is 36.9. The van der Waals surface area contributed by atoms with Crippen LogP contribution in [-0.2, 0) is 27.7 Å². The average Bonchev–Trinajstić information content (AvgIpc) is 4.10. The summed E-state index contributed by atoms with van der Waals surface area (Å²) in [6, 6.07) is 11.0. The van der Waals surface area contributed by atoms with Crippen LogP contribution < -0.4 is 31.0 Å². The minimum Gasteiger partial charge on any atom is -0.474 e. The topological polar surface area (TPSA) is 199 Å². The second-order valence-corrected chi connectivity index (χ2v) is 25.3. The Morgan fingerprint density at radius 1 is 0.579 bits per heavy atom. The molecule has 0 atom stereocenters. The molecule has 0 aliphatic heterocycles. The Hall–Kier alpha value is -5.38. The number of aliphatic hydroxyl groups excluding tert-OH is 1. The summed E-state index contributed by atoms with van der Waals surface area (Å²) in [5.74, 6) is 10.4. The number of hydrogen-bond acceptors (Lipinski definition) is 9. The van der Waals surface area contributed by atoms with Crippen molar-refractivity contribution < 1.29 is 29.0 Å². The molecule has 13 saturated carbocycles. The number of amides is 3. The van der Waals surface area contributed by atoms with Gasteiger partial charge < -0.3 is 35.6 Å². The summed E-state index contributed by atoms with van der Waals surface area (Å²) in [5.41, 5.74) is 2.23. The van der Waals surface area contributed by atoms with Gasteiger partial charge in [0.05, 0.1) is 12.4 Å². The van der Waals surface area contributed by atoms with Gasteiger partial charge in [0.2, 0.25) is 11.8 Å². The predicted molar refractivity (Wildman–Crippen MR) is 288 cm³/mol. The fraction of sp³-hybridized carbons (Fsp3) is 0.700. The van der Waals surface area contributed by atoms with Gasteiger partial charge in [0.25, 0.3) is 23.3 Å². The molecule has 3 aromatic heterocycles. The number of ether oxygens (including phenoxy) is 2. The highest BCUT2D eigenvalue weighted by molar-refractivity contribution is 5.97. The van der Waals surface area contributed by atoms with E-state index < -0.39 is 0 Å². The van der Waals surface area contributed by atoms with Crippen LogP contribution in [0.4, 0.5) is 0 Å². The number of aliphatic hydroxyl groups is 1. The summed E-state index contributed by atoms with van der Waals surface area (Å²) in [6.45, 7) is 2.36. The minimum atomic E-state index is -0.244. The van der Waals surface area contributed by atoms with Gasteiger partial charge in [0, 0.05) is 52.1 Å². The molecule has 17 rings (SSSR count). The van der Waals surface area contributed by atoms with Crippen LogP contribution in [0.2, 0.25) is 0 Å². The van der Waals surface area contributed by atoms with Crippen molar-refractivity contribution >= 4 is 17.7 Å². The van der Waals surface area contributed by atoms with E-state index in [0.717, 1.165) is 53.9 Å². The van der Waals surface area contributed by atoms with Gasteiger partial charge in [-0.05, 0) is 205 Å². The molecular weight excluding hydrogens is 959 g/mol. The summed E-state index contributed by atoms with van der Waals surface area (Å²) >= 11 is 0. The van der Waals surface area contributed by atoms with E-state index in [1.165, 1.54) is 126 Å². The zero-order chi connectivity index (χ0) is 52.6. The molecule has 0 unspecified atom stereocenters. The van der Waals surface area contributed by atoms with Gasteiger partial charge in [-0.3, -0.25) is 23.9 Å². The first kappa shape index (κ1) is 52.7. The van der Waals surface area contributed by atoms with Crippen molar-refractivity contribution in [2.24, 2.45) is 92.2 Å². The average molecular weight is 1040 g/mol. The van der Waals surface area contributed by atoms with Crippen molar-refractivity contribution in [1.82, 2.24) is 45.3 Å². The lowest BCUT2D eigenvalue weighted by Gasteiger charge is -2.54. The van der Waals surface area contributed by atoms with Crippen molar-refractivity contribution in [3.63, 3.8) is 0 Å². The zero-order valence-electron chi connectivity index (χ0n) is 45.5. The number of carbonyl (C=O) groups is 3. The number of aromatic nitrogens is 6. The molecule has 13 fully saturated rings. The maximum Gasteiger partial charge on any atom is 0.279 e. The fourth-order valence-electron chi connectivity index (χ4n) is 17.3. The van der Waals surface area contributed by atoms with Gasteiger partial charge in [-0.25, -0.2) is 9.36 Å². The summed E-state index contributed by atoms with van der Waals surface area (Å²) in [7, 11) is 5.32. The quantitative estimate of drug-likeness (QED) is 0.0978. The highest BCUT2D eigenvalue weighted by Crippen LogP contribution is 2.56. The summed E-state index contributed by atoms with van der Waals surface area (Å²) < 4.78 is 16.9. The van der Waals surface area contributed by atoms with Crippen molar-refractivity contribution in [3.05, 3.63) is 81.5 Å².